The Balaban J connectivity index is 1.78. The molecule has 0 aliphatic heterocycles. The van der Waals surface area contributed by atoms with Crippen LogP contribution >= 0.6 is 15.9 Å². The number of halogens is 1. The van der Waals surface area contributed by atoms with Gasteiger partial charge in [-0.15, -0.1) is 0 Å². The molecular weight excluding hydrogens is 462 g/mol. The van der Waals surface area contributed by atoms with Gasteiger partial charge in [-0.05, 0) is 49.4 Å². The Morgan fingerprint density at radius 1 is 1.10 bits per heavy atom. The van der Waals surface area contributed by atoms with Crippen molar-refractivity contribution in [1.82, 2.24) is 4.98 Å². The Morgan fingerprint density at radius 3 is 2.58 bits per heavy atom. The van der Waals surface area contributed by atoms with Gasteiger partial charge < -0.3 is 18.6 Å². The summed E-state index contributed by atoms with van der Waals surface area (Å²) in [6, 6.07) is 20.1. The molecule has 0 spiro atoms. The van der Waals surface area contributed by atoms with Crippen LogP contribution in [0.5, 0.6) is 11.5 Å². The first-order valence-electron chi connectivity index (χ1n) is 9.71. The van der Waals surface area contributed by atoms with Gasteiger partial charge in [0.15, 0.2) is 5.58 Å². The second kappa shape index (κ2) is 9.22. The van der Waals surface area contributed by atoms with E-state index in [9.17, 15) is 4.79 Å². The Bertz CT molecular complexity index is 1170. The van der Waals surface area contributed by atoms with Crippen molar-refractivity contribution in [2.45, 2.75) is 13.0 Å². The van der Waals surface area contributed by atoms with Crippen LogP contribution in [0.4, 0.5) is 0 Å². The van der Waals surface area contributed by atoms with Crippen molar-refractivity contribution >= 4 is 33.0 Å². The van der Waals surface area contributed by atoms with Crippen LogP contribution in [0.1, 0.15) is 18.6 Å². The predicted octanol–water partition coefficient (Wildman–Crippen LogP) is 5.95. The first-order chi connectivity index (χ1) is 15.1. The van der Waals surface area contributed by atoms with Crippen molar-refractivity contribution in [2.24, 2.45) is 0 Å². The third-order valence-electron chi connectivity index (χ3n) is 4.63. The number of fused-ring (bicyclic) bond motifs is 1. The fourth-order valence-electron chi connectivity index (χ4n) is 3.13. The standard InChI is InChI=1S/C24H20BrNO5/c1-3-29-24(27)22(15-8-10-16(25)11-9-15)30-20-13-12-17(28-2)14-18(20)23-26-19-6-4-5-7-21(19)31-23/h4-14,22H,3H2,1-2H3. The molecule has 1 heterocycles. The van der Waals surface area contributed by atoms with E-state index in [0.717, 1.165) is 9.99 Å². The summed E-state index contributed by atoms with van der Waals surface area (Å²) in [4.78, 5) is 17.3. The van der Waals surface area contributed by atoms with Crippen LogP contribution in [0, 0.1) is 0 Å². The van der Waals surface area contributed by atoms with E-state index >= 15 is 0 Å². The lowest BCUT2D eigenvalue weighted by Gasteiger charge is -2.20. The van der Waals surface area contributed by atoms with Crippen molar-refractivity contribution in [2.75, 3.05) is 13.7 Å². The number of esters is 1. The highest BCUT2D eigenvalue weighted by Gasteiger charge is 2.26. The maximum Gasteiger partial charge on any atom is 0.352 e. The maximum atomic E-state index is 12.7. The molecule has 0 aliphatic carbocycles. The molecule has 4 rings (SSSR count). The SMILES string of the molecule is CCOC(=O)C(Oc1ccc(OC)cc1-c1nc2ccccc2o1)c1ccc(Br)cc1. The smallest absolute Gasteiger partial charge is 0.352 e. The highest BCUT2D eigenvalue weighted by Crippen LogP contribution is 2.37. The first kappa shape index (κ1) is 20.9. The van der Waals surface area contributed by atoms with Crippen LogP contribution < -0.4 is 9.47 Å². The van der Waals surface area contributed by atoms with E-state index < -0.39 is 12.1 Å². The highest BCUT2D eigenvalue weighted by atomic mass is 79.9. The van der Waals surface area contributed by atoms with Gasteiger partial charge in [0.05, 0.1) is 19.3 Å². The lowest BCUT2D eigenvalue weighted by Crippen LogP contribution is -2.21. The molecule has 7 heteroatoms. The zero-order chi connectivity index (χ0) is 21.8. The molecule has 1 aromatic heterocycles. The Hall–Kier alpha value is -3.32. The predicted molar refractivity (Wildman–Crippen MR) is 120 cm³/mol. The molecule has 0 N–H and O–H groups in total. The fraction of sp³-hybridized carbons (Fsp3) is 0.167. The molecule has 0 saturated carbocycles. The molecule has 0 saturated heterocycles. The number of methoxy groups -OCH3 is 1. The number of carbonyl (C=O) groups excluding carboxylic acids is 1. The normalized spacial score (nSPS) is 11.8. The zero-order valence-corrected chi connectivity index (χ0v) is 18.6. The highest BCUT2D eigenvalue weighted by molar-refractivity contribution is 9.10. The van der Waals surface area contributed by atoms with Gasteiger partial charge in [0, 0.05) is 10.0 Å². The minimum absolute atomic E-state index is 0.246. The maximum absolute atomic E-state index is 12.7. The molecule has 3 aromatic carbocycles. The Kier molecular flexibility index (Phi) is 6.23. The number of para-hydroxylation sites is 2. The topological polar surface area (TPSA) is 70.8 Å². The van der Waals surface area contributed by atoms with Crippen LogP contribution in [0.25, 0.3) is 22.6 Å². The Labute approximate surface area is 187 Å². The number of ether oxygens (including phenoxy) is 3. The lowest BCUT2D eigenvalue weighted by atomic mass is 10.1. The molecule has 1 atom stereocenters. The number of hydrogen-bond acceptors (Lipinski definition) is 6. The minimum Gasteiger partial charge on any atom is -0.497 e. The summed E-state index contributed by atoms with van der Waals surface area (Å²) in [6.45, 7) is 2.00. The van der Waals surface area contributed by atoms with Gasteiger partial charge in [-0.2, -0.15) is 0 Å². The second-order valence-electron chi connectivity index (χ2n) is 6.65. The van der Waals surface area contributed by atoms with E-state index in [0.29, 0.717) is 34.1 Å². The Morgan fingerprint density at radius 2 is 1.87 bits per heavy atom. The summed E-state index contributed by atoms with van der Waals surface area (Å²) in [5.74, 6) is 0.923. The number of rotatable bonds is 7. The molecule has 0 bridgehead atoms. The van der Waals surface area contributed by atoms with Crippen molar-refractivity contribution in [1.29, 1.82) is 0 Å². The third-order valence-corrected chi connectivity index (χ3v) is 5.16. The molecule has 4 aromatic rings. The van der Waals surface area contributed by atoms with Gasteiger partial charge in [0.2, 0.25) is 12.0 Å². The average Bonchev–Trinajstić information content (AvgIpc) is 3.22. The molecule has 158 valence electrons. The molecular formula is C24H20BrNO5. The fourth-order valence-corrected chi connectivity index (χ4v) is 3.39. The van der Waals surface area contributed by atoms with Crippen molar-refractivity contribution in [3.05, 3.63) is 76.8 Å². The van der Waals surface area contributed by atoms with E-state index in [2.05, 4.69) is 20.9 Å². The number of aromatic nitrogens is 1. The number of carbonyl (C=O) groups is 1. The van der Waals surface area contributed by atoms with Crippen molar-refractivity contribution in [3.8, 4) is 23.0 Å². The molecule has 0 radical (unpaired) electrons. The van der Waals surface area contributed by atoms with E-state index in [4.69, 9.17) is 18.6 Å². The monoisotopic (exact) mass is 481 g/mol. The number of hydrogen-bond donors (Lipinski definition) is 0. The van der Waals surface area contributed by atoms with E-state index in [-0.39, 0.29) is 6.61 Å². The van der Waals surface area contributed by atoms with Gasteiger partial charge in [0.25, 0.3) is 0 Å². The van der Waals surface area contributed by atoms with Crippen LogP contribution in [-0.4, -0.2) is 24.7 Å². The molecule has 0 aliphatic rings. The lowest BCUT2D eigenvalue weighted by molar-refractivity contribution is -0.151. The van der Waals surface area contributed by atoms with Gasteiger partial charge in [-0.1, -0.05) is 40.2 Å². The second-order valence-corrected chi connectivity index (χ2v) is 7.57. The molecule has 1 unspecified atom stereocenters. The van der Waals surface area contributed by atoms with Crippen LogP contribution in [0.2, 0.25) is 0 Å². The minimum atomic E-state index is -0.954. The van der Waals surface area contributed by atoms with Gasteiger partial charge >= 0.3 is 5.97 Å². The summed E-state index contributed by atoms with van der Waals surface area (Å²) in [7, 11) is 1.58. The van der Waals surface area contributed by atoms with E-state index in [1.807, 2.05) is 48.5 Å². The number of oxazole rings is 1. The van der Waals surface area contributed by atoms with Crippen LogP contribution in [0.3, 0.4) is 0 Å². The average molecular weight is 482 g/mol. The first-order valence-corrected chi connectivity index (χ1v) is 10.5. The number of benzene rings is 3. The molecule has 0 amide bonds. The summed E-state index contributed by atoms with van der Waals surface area (Å²) >= 11 is 3.41. The summed E-state index contributed by atoms with van der Waals surface area (Å²) in [5.41, 5.74) is 2.62. The summed E-state index contributed by atoms with van der Waals surface area (Å²) in [6.07, 6.45) is -0.954. The summed E-state index contributed by atoms with van der Waals surface area (Å²) in [5, 5.41) is 0. The third kappa shape index (κ3) is 4.56. The zero-order valence-electron chi connectivity index (χ0n) is 17.0. The van der Waals surface area contributed by atoms with E-state index in [1.165, 1.54) is 0 Å². The van der Waals surface area contributed by atoms with Gasteiger partial charge in [-0.25, -0.2) is 9.78 Å². The van der Waals surface area contributed by atoms with Crippen LogP contribution in [0.15, 0.2) is 75.6 Å². The molecule has 31 heavy (non-hydrogen) atoms. The van der Waals surface area contributed by atoms with E-state index in [1.54, 1.807) is 32.2 Å². The van der Waals surface area contributed by atoms with Gasteiger partial charge in [0.1, 0.15) is 17.0 Å². The quantitative estimate of drug-likeness (QED) is 0.303. The largest absolute Gasteiger partial charge is 0.497 e. The molecule has 6 nitrogen and oxygen atoms in total. The summed E-state index contributed by atoms with van der Waals surface area (Å²) < 4.78 is 23.7. The van der Waals surface area contributed by atoms with Crippen molar-refractivity contribution < 1.29 is 23.4 Å². The number of nitrogens with zero attached hydrogens (tertiary/aromatic N) is 1. The van der Waals surface area contributed by atoms with Crippen LogP contribution in [-0.2, 0) is 9.53 Å². The molecule has 0 fully saturated rings. The van der Waals surface area contributed by atoms with Crippen molar-refractivity contribution in [3.63, 3.8) is 0 Å². The van der Waals surface area contributed by atoms with Gasteiger partial charge in [-0.3, -0.25) is 0 Å².